The Kier molecular flexibility index (Phi) is 3.30. The average molecular weight is 285 g/mol. The van der Waals surface area contributed by atoms with Gasteiger partial charge in [0.1, 0.15) is 5.00 Å². The zero-order chi connectivity index (χ0) is 13.9. The number of hydrogen-bond acceptors (Lipinski definition) is 5. The molecule has 2 N–H and O–H groups in total. The molecule has 0 saturated heterocycles. The summed E-state index contributed by atoms with van der Waals surface area (Å²) in [6.07, 6.45) is 1.51. The van der Waals surface area contributed by atoms with Crippen LogP contribution in [0.15, 0.2) is 42.6 Å². The van der Waals surface area contributed by atoms with Crippen LogP contribution in [0.5, 0.6) is 0 Å². The van der Waals surface area contributed by atoms with Crippen LogP contribution in [-0.4, -0.2) is 20.4 Å². The summed E-state index contributed by atoms with van der Waals surface area (Å²) in [5.41, 5.74) is 1.88. The first-order valence-corrected chi connectivity index (χ1v) is 6.78. The van der Waals surface area contributed by atoms with Crippen LogP contribution in [0.25, 0.3) is 10.9 Å². The van der Waals surface area contributed by atoms with Gasteiger partial charge < -0.3 is 10.4 Å². The summed E-state index contributed by atoms with van der Waals surface area (Å²) in [4.78, 5) is 15.1. The summed E-state index contributed by atoms with van der Waals surface area (Å²) < 4.78 is 4.34. The van der Waals surface area contributed by atoms with Crippen LogP contribution in [0.1, 0.15) is 16.1 Å². The first-order chi connectivity index (χ1) is 9.74. The molecule has 3 aromatic rings. The van der Waals surface area contributed by atoms with Gasteiger partial charge in [-0.1, -0.05) is 12.1 Å². The van der Waals surface area contributed by atoms with Gasteiger partial charge in [0.2, 0.25) is 0 Å². The van der Waals surface area contributed by atoms with Gasteiger partial charge in [0.25, 0.3) is 0 Å². The molecule has 0 spiro atoms. The second-order valence-corrected chi connectivity index (χ2v) is 5.00. The van der Waals surface area contributed by atoms with Crippen molar-refractivity contribution in [1.29, 1.82) is 0 Å². The van der Waals surface area contributed by atoms with E-state index in [-0.39, 0.29) is 5.56 Å². The van der Waals surface area contributed by atoms with Crippen molar-refractivity contribution in [3.63, 3.8) is 0 Å². The lowest BCUT2D eigenvalue weighted by molar-refractivity contribution is 0.0696. The number of carboxylic acids is 1. The van der Waals surface area contributed by atoms with Crippen LogP contribution in [0.2, 0.25) is 0 Å². The van der Waals surface area contributed by atoms with Gasteiger partial charge in [0.05, 0.1) is 23.3 Å². The number of fused-ring (bicyclic) bond motifs is 1. The number of anilines is 1. The molecule has 5 nitrogen and oxygen atoms in total. The molecule has 6 heteroatoms. The molecule has 100 valence electrons. The Morgan fingerprint density at radius 3 is 3.00 bits per heavy atom. The minimum Gasteiger partial charge on any atom is -0.478 e. The predicted molar refractivity (Wildman–Crippen MR) is 78.1 cm³/mol. The van der Waals surface area contributed by atoms with E-state index >= 15 is 0 Å². The second kappa shape index (κ2) is 5.26. The summed E-state index contributed by atoms with van der Waals surface area (Å²) in [5, 5.41) is 14.2. The molecule has 1 aromatic carbocycles. The lowest BCUT2D eigenvalue weighted by Gasteiger charge is -2.04. The van der Waals surface area contributed by atoms with Gasteiger partial charge in [0.15, 0.2) is 0 Å². The number of carboxylic acid groups (broad SMARTS) is 1. The highest BCUT2D eigenvalue weighted by atomic mass is 32.1. The van der Waals surface area contributed by atoms with Crippen molar-refractivity contribution in [2.75, 3.05) is 5.32 Å². The zero-order valence-electron chi connectivity index (χ0n) is 10.4. The minimum atomic E-state index is -0.947. The Bertz CT molecular complexity index is 770. The molecule has 0 saturated carbocycles. The van der Waals surface area contributed by atoms with Crippen molar-refractivity contribution in [1.82, 2.24) is 9.36 Å². The molecule has 0 fully saturated rings. The first-order valence-electron chi connectivity index (χ1n) is 6.00. The summed E-state index contributed by atoms with van der Waals surface area (Å²) in [7, 11) is 0. The van der Waals surface area contributed by atoms with E-state index in [0.29, 0.717) is 12.2 Å². The molecule has 0 atom stereocenters. The molecule has 2 heterocycles. The second-order valence-electron chi connectivity index (χ2n) is 4.22. The minimum absolute atomic E-state index is 0.242. The smallest absolute Gasteiger partial charge is 0.335 e. The van der Waals surface area contributed by atoms with Crippen LogP contribution in [0.4, 0.5) is 5.00 Å². The SMILES string of the molecule is O=C(O)c1ccnc(CNc2snc3ccccc23)c1. The van der Waals surface area contributed by atoms with Crippen molar-refractivity contribution in [2.24, 2.45) is 0 Å². The van der Waals surface area contributed by atoms with Gasteiger partial charge in [0, 0.05) is 11.6 Å². The van der Waals surface area contributed by atoms with E-state index in [9.17, 15) is 4.79 Å². The van der Waals surface area contributed by atoms with Gasteiger partial charge >= 0.3 is 5.97 Å². The van der Waals surface area contributed by atoms with Crippen molar-refractivity contribution >= 4 is 33.4 Å². The number of hydrogen-bond donors (Lipinski definition) is 2. The molecule has 0 aliphatic rings. The van der Waals surface area contributed by atoms with Crippen LogP contribution in [0, 0.1) is 0 Å². The zero-order valence-corrected chi connectivity index (χ0v) is 11.2. The number of nitrogens with zero attached hydrogens (tertiary/aromatic N) is 2. The van der Waals surface area contributed by atoms with E-state index in [1.54, 1.807) is 6.07 Å². The maximum absolute atomic E-state index is 10.9. The van der Waals surface area contributed by atoms with Gasteiger partial charge in [-0.2, -0.15) is 4.37 Å². The molecule has 0 radical (unpaired) electrons. The monoisotopic (exact) mass is 285 g/mol. The summed E-state index contributed by atoms with van der Waals surface area (Å²) in [5.74, 6) is -0.947. The maximum Gasteiger partial charge on any atom is 0.335 e. The van der Waals surface area contributed by atoms with E-state index in [1.165, 1.54) is 23.8 Å². The number of benzene rings is 1. The van der Waals surface area contributed by atoms with E-state index in [2.05, 4.69) is 14.7 Å². The quantitative estimate of drug-likeness (QED) is 0.770. The van der Waals surface area contributed by atoms with Crippen LogP contribution in [-0.2, 0) is 6.54 Å². The Morgan fingerprint density at radius 2 is 2.15 bits per heavy atom. The Hall–Kier alpha value is -2.47. The number of nitrogens with one attached hydrogen (secondary N) is 1. The summed E-state index contributed by atoms with van der Waals surface area (Å²) in [6, 6.07) is 10.9. The molecular weight excluding hydrogens is 274 g/mol. The molecule has 3 rings (SSSR count). The van der Waals surface area contributed by atoms with E-state index < -0.39 is 5.97 Å². The molecule has 20 heavy (non-hydrogen) atoms. The van der Waals surface area contributed by atoms with Gasteiger partial charge in [-0.15, -0.1) is 0 Å². The molecule has 0 unspecified atom stereocenters. The number of carbonyl (C=O) groups is 1. The van der Waals surface area contributed by atoms with Crippen LogP contribution < -0.4 is 5.32 Å². The third kappa shape index (κ3) is 2.46. The lowest BCUT2D eigenvalue weighted by Crippen LogP contribution is -2.03. The summed E-state index contributed by atoms with van der Waals surface area (Å²) >= 11 is 1.39. The molecule has 2 aromatic heterocycles. The maximum atomic E-state index is 10.9. The van der Waals surface area contributed by atoms with Crippen molar-refractivity contribution in [3.8, 4) is 0 Å². The number of pyridine rings is 1. The van der Waals surface area contributed by atoms with E-state index in [1.807, 2.05) is 24.3 Å². The van der Waals surface area contributed by atoms with Crippen molar-refractivity contribution in [2.45, 2.75) is 6.54 Å². The molecular formula is C14H11N3O2S. The number of rotatable bonds is 4. The fourth-order valence-corrected chi connectivity index (χ4v) is 2.65. The average Bonchev–Trinajstić information content (AvgIpc) is 2.89. The van der Waals surface area contributed by atoms with Crippen molar-refractivity contribution < 1.29 is 9.90 Å². The van der Waals surface area contributed by atoms with Gasteiger partial charge in [-0.3, -0.25) is 4.98 Å². The predicted octanol–water partition coefficient (Wildman–Crippen LogP) is 3.00. The third-order valence-corrected chi connectivity index (χ3v) is 3.71. The normalized spacial score (nSPS) is 10.6. The number of aromatic carboxylic acids is 1. The standard InChI is InChI=1S/C14H11N3O2S/c18-14(19)9-5-6-15-10(7-9)8-16-13-11-3-1-2-4-12(11)17-20-13/h1-7,16H,8H2,(H,18,19). The first kappa shape index (κ1) is 12.6. The molecule has 0 bridgehead atoms. The fraction of sp³-hybridized carbons (Fsp3) is 0.0714. The highest BCUT2D eigenvalue weighted by Crippen LogP contribution is 2.27. The molecule has 0 aliphatic carbocycles. The topological polar surface area (TPSA) is 75.1 Å². The Morgan fingerprint density at radius 1 is 1.30 bits per heavy atom. The highest BCUT2D eigenvalue weighted by Gasteiger charge is 2.07. The van der Waals surface area contributed by atoms with E-state index in [4.69, 9.17) is 5.11 Å². The third-order valence-electron chi connectivity index (χ3n) is 2.88. The molecule has 0 amide bonds. The Labute approximate surface area is 119 Å². The van der Waals surface area contributed by atoms with Gasteiger partial charge in [-0.25, -0.2) is 4.79 Å². The fourth-order valence-electron chi connectivity index (χ4n) is 1.90. The van der Waals surface area contributed by atoms with Gasteiger partial charge in [-0.05, 0) is 35.8 Å². The van der Waals surface area contributed by atoms with Crippen LogP contribution in [0.3, 0.4) is 0 Å². The number of aromatic nitrogens is 2. The molecule has 0 aliphatic heterocycles. The highest BCUT2D eigenvalue weighted by molar-refractivity contribution is 7.11. The van der Waals surface area contributed by atoms with E-state index in [0.717, 1.165) is 15.9 Å². The van der Waals surface area contributed by atoms with Crippen molar-refractivity contribution in [3.05, 3.63) is 53.9 Å². The lowest BCUT2D eigenvalue weighted by atomic mass is 10.2. The van der Waals surface area contributed by atoms with Crippen LogP contribution >= 0.6 is 11.5 Å². The summed E-state index contributed by atoms with van der Waals surface area (Å²) in [6.45, 7) is 0.466. The largest absolute Gasteiger partial charge is 0.478 e. The Balaban J connectivity index is 1.79.